The maximum absolute atomic E-state index is 12.1. The summed E-state index contributed by atoms with van der Waals surface area (Å²) in [5.41, 5.74) is 0.942. The van der Waals surface area contributed by atoms with Crippen LogP contribution in [0.25, 0.3) is 0 Å². The van der Waals surface area contributed by atoms with E-state index >= 15 is 0 Å². The molecule has 0 bridgehead atoms. The van der Waals surface area contributed by atoms with E-state index < -0.39 is 0 Å². The molecule has 1 aromatic carbocycles. The summed E-state index contributed by atoms with van der Waals surface area (Å²) in [6, 6.07) is 11.2. The van der Waals surface area contributed by atoms with Gasteiger partial charge >= 0.3 is 0 Å². The molecule has 22 heavy (non-hydrogen) atoms. The maximum atomic E-state index is 12.1. The van der Waals surface area contributed by atoms with Crippen molar-refractivity contribution >= 4 is 17.5 Å². The summed E-state index contributed by atoms with van der Waals surface area (Å²) in [7, 11) is 3.93. The Morgan fingerprint density at radius 2 is 1.91 bits per heavy atom. The lowest BCUT2D eigenvalue weighted by molar-refractivity contribution is -0.120. The minimum absolute atomic E-state index is 0.0162. The summed E-state index contributed by atoms with van der Waals surface area (Å²) in [4.78, 5) is 14.1. The molecule has 1 amide bonds. The molecule has 0 radical (unpaired) electrons. The topological polar surface area (TPSA) is 45.5 Å². The molecule has 5 heteroatoms. The molecule has 0 fully saturated rings. The molecule has 4 nitrogen and oxygen atoms in total. The first kappa shape index (κ1) is 16.6. The first-order valence-corrected chi connectivity index (χ1v) is 7.57. The summed E-state index contributed by atoms with van der Waals surface area (Å²) >= 11 is 5.84. The van der Waals surface area contributed by atoms with E-state index in [4.69, 9.17) is 16.0 Å². The fourth-order valence-electron chi connectivity index (χ4n) is 2.23. The zero-order valence-corrected chi connectivity index (χ0v) is 13.9. The minimum atomic E-state index is -0.0162. The van der Waals surface area contributed by atoms with Crippen molar-refractivity contribution in [3.8, 4) is 0 Å². The van der Waals surface area contributed by atoms with Crippen molar-refractivity contribution in [3.63, 3.8) is 0 Å². The molecule has 0 aliphatic rings. The van der Waals surface area contributed by atoms with Crippen molar-refractivity contribution in [3.05, 3.63) is 58.5 Å². The van der Waals surface area contributed by atoms with Crippen LogP contribution in [0.1, 0.15) is 23.1 Å². The number of carbonyl (C=O) groups is 1. The number of benzene rings is 1. The smallest absolute Gasteiger partial charge is 0.224 e. The van der Waals surface area contributed by atoms with E-state index in [1.54, 1.807) is 12.1 Å². The molecule has 1 atom stereocenters. The summed E-state index contributed by atoms with van der Waals surface area (Å²) in [6.45, 7) is 2.42. The van der Waals surface area contributed by atoms with Gasteiger partial charge < -0.3 is 9.73 Å². The van der Waals surface area contributed by atoms with Crippen molar-refractivity contribution in [1.29, 1.82) is 0 Å². The van der Waals surface area contributed by atoms with Gasteiger partial charge in [-0.05, 0) is 50.8 Å². The molecule has 0 saturated heterocycles. The average Bonchev–Trinajstić information content (AvgIpc) is 2.87. The van der Waals surface area contributed by atoms with E-state index in [9.17, 15) is 4.79 Å². The van der Waals surface area contributed by atoms with Crippen LogP contribution in [0.3, 0.4) is 0 Å². The number of nitrogens with zero attached hydrogens (tertiary/aromatic N) is 1. The monoisotopic (exact) mass is 320 g/mol. The van der Waals surface area contributed by atoms with Crippen LogP contribution in [0.4, 0.5) is 0 Å². The Balaban J connectivity index is 1.92. The quantitative estimate of drug-likeness (QED) is 0.889. The van der Waals surface area contributed by atoms with E-state index in [1.165, 1.54) is 0 Å². The number of hydrogen-bond acceptors (Lipinski definition) is 3. The van der Waals surface area contributed by atoms with Crippen LogP contribution >= 0.6 is 11.6 Å². The summed E-state index contributed by atoms with van der Waals surface area (Å²) in [5, 5.41) is 3.63. The predicted octanol–water partition coefficient (Wildman–Crippen LogP) is 3.20. The lowest BCUT2D eigenvalue weighted by Gasteiger charge is -2.22. The van der Waals surface area contributed by atoms with Gasteiger partial charge in [0.15, 0.2) is 0 Å². The number of rotatable bonds is 6. The normalized spacial score (nSPS) is 12.4. The van der Waals surface area contributed by atoms with Gasteiger partial charge in [0, 0.05) is 11.6 Å². The standard InChI is InChI=1S/C17H21ClN2O2/c1-12-4-9-16(22-12)15(20(2)3)11-19-17(21)10-13-5-7-14(18)8-6-13/h4-9,15H,10-11H2,1-3H3,(H,19,21)/t15-/m0/s1. The number of amides is 1. The van der Waals surface area contributed by atoms with E-state index in [1.807, 2.05) is 50.2 Å². The molecule has 1 heterocycles. The molecule has 1 aromatic heterocycles. The second kappa shape index (κ2) is 7.47. The van der Waals surface area contributed by atoms with Gasteiger partial charge in [-0.15, -0.1) is 0 Å². The highest BCUT2D eigenvalue weighted by Crippen LogP contribution is 2.20. The third kappa shape index (κ3) is 4.61. The van der Waals surface area contributed by atoms with Crippen molar-refractivity contribution < 1.29 is 9.21 Å². The SMILES string of the molecule is Cc1ccc([C@H](CNC(=O)Cc2ccc(Cl)cc2)N(C)C)o1. The Bertz CT molecular complexity index is 620. The number of carbonyl (C=O) groups excluding carboxylic acids is 1. The molecular weight excluding hydrogens is 300 g/mol. The van der Waals surface area contributed by atoms with E-state index in [2.05, 4.69) is 5.32 Å². The summed E-state index contributed by atoms with van der Waals surface area (Å²) < 4.78 is 5.66. The second-order valence-corrected chi connectivity index (χ2v) is 5.97. The number of hydrogen-bond donors (Lipinski definition) is 1. The molecule has 0 unspecified atom stereocenters. The molecular formula is C17H21ClN2O2. The molecule has 2 aromatic rings. The fourth-order valence-corrected chi connectivity index (χ4v) is 2.36. The highest BCUT2D eigenvalue weighted by atomic mass is 35.5. The molecule has 0 spiro atoms. The second-order valence-electron chi connectivity index (χ2n) is 5.54. The number of aryl methyl sites for hydroxylation is 1. The van der Waals surface area contributed by atoms with Crippen LogP contribution in [0, 0.1) is 6.92 Å². The zero-order valence-electron chi connectivity index (χ0n) is 13.1. The molecule has 1 N–H and O–H groups in total. The highest BCUT2D eigenvalue weighted by Gasteiger charge is 2.18. The number of furan rings is 1. The van der Waals surface area contributed by atoms with Crippen molar-refractivity contribution in [2.24, 2.45) is 0 Å². The van der Waals surface area contributed by atoms with Crippen LogP contribution in [0.2, 0.25) is 5.02 Å². The summed E-state index contributed by atoms with van der Waals surface area (Å²) in [6.07, 6.45) is 0.342. The van der Waals surface area contributed by atoms with Gasteiger partial charge in [-0.1, -0.05) is 23.7 Å². The summed E-state index contributed by atoms with van der Waals surface area (Å²) in [5.74, 6) is 1.71. The average molecular weight is 321 g/mol. The van der Waals surface area contributed by atoms with E-state index in [-0.39, 0.29) is 11.9 Å². The Labute approximate surface area is 136 Å². The Morgan fingerprint density at radius 1 is 1.23 bits per heavy atom. The minimum Gasteiger partial charge on any atom is -0.465 e. The molecule has 0 saturated carbocycles. The Morgan fingerprint density at radius 3 is 2.45 bits per heavy atom. The zero-order chi connectivity index (χ0) is 16.1. The van der Waals surface area contributed by atoms with Crippen LogP contribution in [0.5, 0.6) is 0 Å². The highest BCUT2D eigenvalue weighted by molar-refractivity contribution is 6.30. The van der Waals surface area contributed by atoms with Gasteiger partial charge in [0.2, 0.25) is 5.91 Å². The number of nitrogens with one attached hydrogen (secondary N) is 1. The lowest BCUT2D eigenvalue weighted by Crippen LogP contribution is -2.35. The predicted molar refractivity (Wildman–Crippen MR) is 88.0 cm³/mol. The first-order valence-electron chi connectivity index (χ1n) is 7.19. The first-order chi connectivity index (χ1) is 10.5. The fraction of sp³-hybridized carbons (Fsp3) is 0.353. The number of halogens is 1. The number of likely N-dealkylation sites (N-methyl/N-ethyl adjacent to an activating group) is 1. The van der Waals surface area contributed by atoms with Gasteiger partial charge in [0.1, 0.15) is 11.5 Å². The Kier molecular flexibility index (Phi) is 5.63. The third-order valence-electron chi connectivity index (χ3n) is 3.48. The maximum Gasteiger partial charge on any atom is 0.224 e. The van der Waals surface area contributed by atoms with Gasteiger partial charge in [0.05, 0.1) is 12.5 Å². The van der Waals surface area contributed by atoms with Crippen molar-refractivity contribution in [2.75, 3.05) is 20.6 Å². The lowest BCUT2D eigenvalue weighted by atomic mass is 10.1. The van der Waals surface area contributed by atoms with Crippen molar-refractivity contribution in [2.45, 2.75) is 19.4 Å². The molecule has 0 aliphatic carbocycles. The van der Waals surface area contributed by atoms with Crippen LogP contribution in [-0.2, 0) is 11.2 Å². The van der Waals surface area contributed by atoms with E-state index in [0.29, 0.717) is 18.0 Å². The van der Waals surface area contributed by atoms with Gasteiger partial charge in [-0.3, -0.25) is 9.69 Å². The van der Waals surface area contributed by atoms with Gasteiger partial charge in [-0.25, -0.2) is 0 Å². The largest absolute Gasteiger partial charge is 0.465 e. The van der Waals surface area contributed by atoms with E-state index in [0.717, 1.165) is 17.1 Å². The molecule has 0 aliphatic heterocycles. The molecule has 118 valence electrons. The van der Waals surface area contributed by atoms with Gasteiger partial charge in [0.25, 0.3) is 0 Å². The van der Waals surface area contributed by atoms with Gasteiger partial charge in [-0.2, -0.15) is 0 Å². The van der Waals surface area contributed by atoms with Crippen LogP contribution in [0.15, 0.2) is 40.8 Å². The third-order valence-corrected chi connectivity index (χ3v) is 3.74. The van der Waals surface area contributed by atoms with Crippen molar-refractivity contribution in [1.82, 2.24) is 10.2 Å². The van der Waals surface area contributed by atoms with Crippen LogP contribution < -0.4 is 5.32 Å². The Hall–Kier alpha value is -1.78. The molecule has 2 rings (SSSR count). The van der Waals surface area contributed by atoms with Crippen LogP contribution in [-0.4, -0.2) is 31.4 Å².